The number of nitrogens with one attached hydrogen (secondary N) is 1. The Morgan fingerprint density at radius 1 is 0.960 bits per heavy atom. The Morgan fingerprint density at radius 3 is 2.32 bits per heavy atom. The lowest BCUT2D eigenvalue weighted by Gasteiger charge is -2.15. The van der Waals surface area contributed by atoms with Crippen molar-refractivity contribution in [3.63, 3.8) is 0 Å². The molecule has 1 N–H and O–H groups in total. The van der Waals surface area contributed by atoms with E-state index in [1.165, 1.54) is 6.07 Å². The van der Waals surface area contributed by atoms with Crippen molar-refractivity contribution in [1.82, 2.24) is 0 Å². The number of amides is 1. The standard InChI is InChI=1S/C22H20FNO/c1-15-8-6-7-11-21(15)24-22(25)16(2)18-12-13-19(20(23)14-18)17-9-4-3-5-10-17/h3-14,16H,1-2H3,(H,24,25)/t16-/m0/s1. The molecule has 0 aliphatic carbocycles. The Balaban J connectivity index is 1.81. The van der Waals surface area contributed by atoms with Crippen molar-refractivity contribution in [3.8, 4) is 11.1 Å². The number of halogens is 1. The molecule has 1 amide bonds. The molecule has 0 aliphatic heterocycles. The molecule has 0 saturated heterocycles. The average Bonchev–Trinajstić information content (AvgIpc) is 2.63. The molecule has 1 atom stereocenters. The van der Waals surface area contributed by atoms with E-state index in [2.05, 4.69) is 5.32 Å². The third kappa shape index (κ3) is 3.77. The van der Waals surface area contributed by atoms with Crippen LogP contribution in [0.3, 0.4) is 0 Å². The van der Waals surface area contributed by atoms with E-state index >= 15 is 0 Å². The highest BCUT2D eigenvalue weighted by Gasteiger charge is 2.18. The van der Waals surface area contributed by atoms with Gasteiger partial charge in [-0.2, -0.15) is 0 Å². The minimum Gasteiger partial charge on any atom is -0.325 e. The SMILES string of the molecule is Cc1ccccc1NC(=O)[C@@H](C)c1ccc(-c2ccccc2)c(F)c1. The zero-order valence-corrected chi connectivity index (χ0v) is 14.3. The number of hydrogen-bond donors (Lipinski definition) is 1. The van der Waals surface area contributed by atoms with Crippen LogP contribution in [0.2, 0.25) is 0 Å². The Kier molecular flexibility index (Phi) is 4.94. The maximum absolute atomic E-state index is 14.5. The Hall–Kier alpha value is -2.94. The predicted octanol–water partition coefficient (Wildman–Crippen LogP) is 5.54. The molecule has 0 unspecified atom stereocenters. The van der Waals surface area contributed by atoms with Gasteiger partial charge in [-0.15, -0.1) is 0 Å². The minimum atomic E-state index is -0.445. The van der Waals surface area contributed by atoms with Gasteiger partial charge in [-0.3, -0.25) is 4.79 Å². The average molecular weight is 333 g/mol. The molecule has 126 valence electrons. The van der Waals surface area contributed by atoms with E-state index in [1.54, 1.807) is 13.0 Å². The quantitative estimate of drug-likeness (QED) is 0.667. The summed E-state index contributed by atoms with van der Waals surface area (Å²) in [5.41, 5.74) is 3.79. The Morgan fingerprint density at radius 2 is 1.64 bits per heavy atom. The lowest BCUT2D eigenvalue weighted by Crippen LogP contribution is -2.19. The number of carbonyl (C=O) groups is 1. The lowest BCUT2D eigenvalue weighted by molar-refractivity contribution is -0.117. The van der Waals surface area contributed by atoms with E-state index in [0.29, 0.717) is 11.1 Å². The van der Waals surface area contributed by atoms with E-state index in [9.17, 15) is 9.18 Å². The molecule has 2 nitrogen and oxygen atoms in total. The first-order chi connectivity index (χ1) is 12.1. The summed E-state index contributed by atoms with van der Waals surface area (Å²) in [6.45, 7) is 3.72. The Bertz CT molecular complexity index is 890. The highest BCUT2D eigenvalue weighted by molar-refractivity contribution is 5.96. The van der Waals surface area contributed by atoms with E-state index < -0.39 is 5.92 Å². The van der Waals surface area contributed by atoms with Gasteiger partial charge >= 0.3 is 0 Å². The van der Waals surface area contributed by atoms with Gasteiger partial charge in [0.2, 0.25) is 5.91 Å². The molecule has 0 bridgehead atoms. The van der Waals surface area contributed by atoms with Crippen molar-refractivity contribution in [3.05, 3.63) is 89.7 Å². The number of benzene rings is 3. The highest BCUT2D eigenvalue weighted by atomic mass is 19.1. The number of para-hydroxylation sites is 1. The summed E-state index contributed by atoms with van der Waals surface area (Å²) in [6, 6.07) is 22.0. The van der Waals surface area contributed by atoms with Crippen molar-refractivity contribution in [1.29, 1.82) is 0 Å². The summed E-state index contributed by atoms with van der Waals surface area (Å²) in [5, 5.41) is 2.91. The second kappa shape index (κ2) is 7.31. The van der Waals surface area contributed by atoms with Crippen LogP contribution in [0.1, 0.15) is 24.0 Å². The first-order valence-electron chi connectivity index (χ1n) is 8.27. The lowest BCUT2D eigenvalue weighted by atomic mass is 9.96. The summed E-state index contributed by atoms with van der Waals surface area (Å²) in [5.74, 6) is -0.917. The number of aryl methyl sites for hydroxylation is 1. The van der Waals surface area contributed by atoms with Gasteiger partial charge in [-0.1, -0.05) is 60.7 Å². The first kappa shape index (κ1) is 16.9. The van der Waals surface area contributed by atoms with Crippen molar-refractivity contribution < 1.29 is 9.18 Å². The van der Waals surface area contributed by atoms with E-state index in [1.807, 2.05) is 67.6 Å². The zero-order chi connectivity index (χ0) is 17.8. The fourth-order valence-electron chi connectivity index (χ4n) is 2.76. The van der Waals surface area contributed by atoms with Gasteiger partial charge in [-0.05, 0) is 42.7 Å². The van der Waals surface area contributed by atoms with E-state index in [4.69, 9.17) is 0 Å². The molecule has 0 aliphatic rings. The van der Waals surface area contributed by atoms with Crippen LogP contribution in [0.15, 0.2) is 72.8 Å². The summed E-state index contributed by atoms with van der Waals surface area (Å²) in [7, 11) is 0. The monoisotopic (exact) mass is 333 g/mol. The van der Waals surface area contributed by atoms with Crippen LogP contribution in [-0.2, 0) is 4.79 Å². The number of anilines is 1. The highest BCUT2D eigenvalue weighted by Crippen LogP contribution is 2.27. The molecule has 3 heteroatoms. The number of carbonyl (C=O) groups excluding carboxylic acids is 1. The van der Waals surface area contributed by atoms with Gasteiger partial charge in [0.1, 0.15) is 5.82 Å². The van der Waals surface area contributed by atoms with E-state index in [-0.39, 0.29) is 11.7 Å². The molecule has 0 spiro atoms. The van der Waals surface area contributed by atoms with Gasteiger partial charge in [-0.25, -0.2) is 4.39 Å². The fourth-order valence-corrected chi connectivity index (χ4v) is 2.76. The smallest absolute Gasteiger partial charge is 0.231 e. The molecule has 3 aromatic rings. The molecular weight excluding hydrogens is 313 g/mol. The van der Waals surface area contributed by atoms with Crippen LogP contribution in [0.5, 0.6) is 0 Å². The van der Waals surface area contributed by atoms with Gasteiger partial charge in [0.15, 0.2) is 0 Å². The van der Waals surface area contributed by atoms with Crippen molar-refractivity contribution >= 4 is 11.6 Å². The van der Waals surface area contributed by atoms with Crippen molar-refractivity contribution in [2.45, 2.75) is 19.8 Å². The van der Waals surface area contributed by atoms with Gasteiger partial charge in [0, 0.05) is 11.3 Å². The summed E-state index contributed by atoms with van der Waals surface area (Å²) in [6.07, 6.45) is 0. The summed E-state index contributed by atoms with van der Waals surface area (Å²) < 4.78 is 14.5. The fraction of sp³-hybridized carbons (Fsp3) is 0.136. The summed E-state index contributed by atoms with van der Waals surface area (Å²) >= 11 is 0. The molecule has 0 heterocycles. The number of hydrogen-bond acceptors (Lipinski definition) is 1. The molecule has 0 fully saturated rings. The van der Waals surface area contributed by atoms with Crippen LogP contribution < -0.4 is 5.32 Å². The molecular formula is C22H20FNO. The minimum absolute atomic E-state index is 0.152. The topological polar surface area (TPSA) is 29.1 Å². The molecule has 0 aromatic heterocycles. The second-order valence-corrected chi connectivity index (χ2v) is 6.13. The normalized spacial score (nSPS) is 11.8. The second-order valence-electron chi connectivity index (χ2n) is 6.13. The van der Waals surface area contributed by atoms with Crippen LogP contribution in [0.25, 0.3) is 11.1 Å². The molecule has 3 rings (SSSR count). The van der Waals surface area contributed by atoms with Crippen molar-refractivity contribution in [2.75, 3.05) is 5.32 Å². The van der Waals surface area contributed by atoms with Gasteiger partial charge in [0.25, 0.3) is 0 Å². The van der Waals surface area contributed by atoms with Crippen LogP contribution >= 0.6 is 0 Å². The predicted molar refractivity (Wildman–Crippen MR) is 100 cm³/mol. The largest absolute Gasteiger partial charge is 0.325 e. The van der Waals surface area contributed by atoms with Gasteiger partial charge < -0.3 is 5.32 Å². The molecule has 0 saturated carbocycles. The van der Waals surface area contributed by atoms with E-state index in [0.717, 1.165) is 16.8 Å². The maximum Gasteiger partial charge on any atom is 0.231 e. The Labute approximate surface area is 147 Å². The summed E-state index contributed by atoms with van der Waals surface area (Å²) in [4.78, 5) is 12.5. The zero-order valence-electron chi connectivity index (χ0n) is 14.3. The number of rotatable bonds is 4. The third-order valence-corrected chi connectivity index (χ3v) is 4.37. The first-order valence-corrected chi connectivity index (χ1v) is 8.27. The van der Waals surface area contributed by atoms with Crippen LogP contribution in [-0.4, -0.2) is 5.91 Å². The third-order valence-electron chi connectivity index (χ3n) is 4.37. The van der Waals surface area contributed by atoms with Crippen LogP contribution in [0, 0.1) is 12.7 Å². The molecule has 25 heavy (non-hydrogen) atoms. The molecule has 3 aromatic carbocycles. The van der Waals surface area contributed by atoms with Gasteiger partial charge in [0.05, 0.1) is 5.92 Å². The van der Waals surface area contributed by atoms with Crippen LogP contribution in [0.4, 0.5) is 10.1 Å². The maximum atomic E-state index is 14.5. The van der Waals surface area contributed by atoms with Crippen molar-refractivity contribution in [2.24, 2.45) is 0 Å². The molecule has 0 radical (unpaired) electrons.